The number of rotatable bonds is 6. The first-order valence-corrected chi connectivity index (χ1v) is 12.3. The maximum absolute atomic E-state index is 13.0. The first kappa shape index (κ1) is 21.8. The highest BCUT2D eigenvalue weighted by Gasteiger charge is 2.65. The predicted molar refractivity (Wildman–Crippen MR) is 142 cm³/mol. The van der Waals surface area contributed by atoms with Gasteiger partial charge in [-0.1, -0.05) is 61.5 Å². The van der Waals surface area contributed by atoms with E-state index in [-0.39, 0.29) is 11.8 Å². The second-order valence-corrected chi connectivity index (χ2v) is 10.1. The van der Waals surface area contributed by atoms with Gasteiger partial charge in [-0.15, -0.1) is 0 Å². The Bertz CT molecular complexity index is 1460. The van der Waals surface area contributed by atoms with Crippen molar-refractivity contribution in [2.24, 2.45) is 0 Å². The van der Waals surface area contributed by atoms with E-state index < -0.39 is 5.41 Å². The molecule has 2 heterocycles. The fourth-order valence-corrected chi connectivity index (χ4v) is 5.54. The van der Waals surface area contributed by atoms with E-state index in [1.807, 2.05) is 0 Å². The van der Waals surface area contributed by atoms with E-state index in [0.717, 1.165) is 52.8 Å². The maximum atomic E-state index is 13.0. The average molecular weight is 463 g/mol. The van der Waals surface area contributed by atoms with Crippen molar-refractivity contribution in [3.63, 3.8) is 0 Å². The Kier molecular flexibility index (Phi) is 5.11. The monoisotopic (exact) mass is 462 g/mol. The van der Waals surface area contributed by atoms with E-state index in [0.29, 0.717) is 0 Å². The molecule has 1 fully saturated rings. The summed E-state index contributed by atoms with van der Waals surface area (Å²) in [6, 6.07) is 21.5. The Morgan fingerprint density at radius 3 is 2.60 bits per heavy atom. The van der Waals surface area contributed by atoms with Crippen LogP contribution in [-0.4, -0.2) is 35.1 Å². The number of hydrogen-bond donors (Lipinski definition) is 2. The number of anilines is 1. The number of carbonyl (C=O) groups excluding carboxylic acids is 1. The molecule has 5 heteroatoms. The summed E-state index contributed by atoms with van der Waals surface area (Å²) in [6.07, 6.45) is 5.99. The van der Waals surface area contributed by atoms with Crippen molar-refractivity contribution >= 4 is 34.6 Å². The minimum absolute atomic E-state index is 0.135. The molecule has 1 aromatic heterocycles. The van der Waals surface area contributed by atoms with E-state index in [9.17, 15) is 4.79 Å². The molecule has 35 heavy (non-hydrogen) atoms. The fraction of sp³-hybridized carbons (Fsp3) is 0.267. The highest BCUT2D eigenvalue weighted by molar-refractivity contribution is 6.10. The van der Waals surface area contributed by atoms with Crippen LogP contribution in [0.4, 0.5) is 5.69 Å². The molecular weight excluding hydrogens is 432 g/mol. The second-order valence-electron chi connectivity index (χ2n) is 10.1. The number of H-pyrrole nitrogens is 1. The fourth-order valence-electron chi connectivity index (χ4n) is 5.54. The van der Waals surface area contributed by atoms with Gasteiger partial charge < -0.3 is 10.2 Å². The minimum atomic E-state index is -0.421. The number of nitrogens with zero attached hydrogens (tertiary/aromatic N) is 2. The van der Waals surface area contributed by atoms with Gasteiger partial charge in [-0.05, 0) is 73.0 Å². The summed E-state index contributed by atoms with van der Waals surface area (Å²) in [7, 11) is 4.16. The van der Waals surface area contributed by atoms with Gasteiger partial charge in [0, 0.05) is 23.5 Å². The van der Waals surface area contributed by atoms with E-state index >= 15 is 0 Å². The molecular formula is C30H30N4O. The normalized spacial score (nSPS) is 20.8. The van der Waals surface area contributed by atoms with E-state index in [4.69, 9.17) is 0 Å². The molecule has 2 atom stereocenters. The van der Waals surface area contributed by atoms with Gasteiger partial charge in [0.2, 0.25) is 5.91 Å². The van der Waals surface area contributed by atoms with Crippen molar-refractivity contribution in [2.75, 3.05) is 19.4 Å². The van der Waals surface area contributed by atoms with Crippen molar-refractivity contribution in [2.45, 2.75) is 37.6 Å². The van der Waals surface area contributed by atoms with Crippen LogP contribution >= 0.6 is 0 Å². The molecule has 0 bridgehead atoms. The van der Waals surface area contributed by atoms with Gasteiger partial charge in [-0.25, -0.2) is 0 Å². The molecule has 2 N–H and O–H groups in total. The number of carbonyl (C=O) groups is 1. The maximum Gasteiger partial charge on any atom is 0.235 e. The molecule has 0 radical (unpaired) electrons. The van der Waals surface area contributed by atoms with Gasteiger partial charge in [0.15, 0.2) is 0 Å². The summed E-state index contributed by atoms with van der Waals surface area (Å²) in [5.74, 6) is 0.332. The third kappa shape index (κ3) is 3.67. The molecule has 3 aromatic carbocycles. The van der Waals surface area contributed by atoms with Crippen molar-refractivity contribution in [1.82, 2.24) is 15.1 Å². The van der Waals surface area contributed by atoms with Gasteiger partial charge in [-0.3, -0.25) is 9.89 Å². The average Bonchev–Trinajstić information content (AvgIpc) is 3.40. The molecule has 1 aliphatic carbocycles. The molecule has 2 aliphatic rings. The lowest BCUT2D eigenvalue weighted by molar-refractivity contribution is -0.118. The van der Waals surface area contributed by atoms with E-state index in [1.165, 1.54) is 16.7 Å². The molecule has 176 valence electrons. The third-order valence-electron chi connectivity index (χ3n) is 7.52. The van der Waals surface area contributed by atoms with Gasteiger partial charge in [-0.2, -0.15) is 5.10 Å². The molecule has 1 unspecified atom stereocenters. The van der Waals surface area contributed by atoms with Gasteiger partial charge in [0.05, 0.1) is 16.6 Å². The molecule has 1 amide bonds. The number of aromatic amines is 1. The summed E-state index contributed by atoms with van der Waals surface area (Å²) in [6.45, 7) is 3.09. The van der Waals surface area contributed by atoms with Crippen LogP contribution in [0.3, 0.4) is 0 Å². The number of hydrogen-bond acceptors (Lipinski definition) is 3. The summed E-state index contributed by atoms with van der Waals surface area (Å²) in [5, 5.41) is 12.0. The Balaban J connectivity index is 1.24. The minimum Gasteiger partial charge on any atom is -0.325 e. The van der Waals surface area contributed by atoms with Crippen LogP contribution in [0.5, 0.6) is 0 Å². The number of aromatic nitrogens is 2. The van der Waals surface area contributed by atoms with Crippen molar-refractivity contribution < 1.29 is 4.79 Å². The smallest absolute Gasteiger partial charge is 0.235 e. The zero-order valence-electron chi connectivity index (χ0n) is 20.4. The number of benzene rings is 3. The quantitative estimate of drug-likeness (QED) is 0.384. The first-order chi connectivity index (χ1) is 17.0. The molecule has 1 spiro atoms. The standard InChI is InChI=1S/C30H30N4O/c1-4-19-9-14-27-24(15-19)30(29(35)31-27)17-25(30)22-11-12-23-26(32-33-28(23)16-22)13-10-20-5-7-21(8-6-20)18-34(2)3/h5-16,25H,4,17-18H2,1-3H3,(H,31,35)(H,32,33)/b13-10+/t25-,30?/m0/s1. The zero-order chi connectivity index (χ0) is 24.2. The Labute approximate surface area is 205 Å². The highest BCUT2D eigenvalue weighted by atomic mass is 16.2. The largest absolute Gasteiger partial charge is 0.325 e. The van der Waals surface area contributed by atoms with Crippen molar-refractivity contribution in [3.8, 4) is 0 Å². The summed E-state index contributed by atoms with van der Waals surface area (Å²) >= 11 is 0. The van der Waals surface area contributed by atoms with Crippen LogP contribution < -0.4 is 5.32 Å². The summed E-state index contributed by atoms with van der Waals surface area (Å²) in [5.41, 5.74) is 8.56. The third-order valence-corrected chi connectivity index (χ3v) is 7.52. The SMILES string of the molecule is CCc1ccc2c(c1)C1(C[C@H]1c1ccc3c(/C=C/c4ccc(CN(C)C)cc4)n[nH]c3c1)C(=O)N2. The molecule has 1 saturated carbocycles. The number of aryl methyl sites for hydroxylation is 1. The lowest BCUT2D eigenvalue weighted by Crippen LogP contribution is -2.21. The molecule has 6 rings (SSSR count). The van der Waals surface area contributed by atoms with E-state index in [2.05, 4.69) is 114 Å². The summed E-state index contributed by atoms with van der Waals surface area (Å²) < 4.78 is 0. The van der Waals surface area contributed by atoms with Gasteiger partial charge >= 0.3 is 0 Å². The first-order valence-electron chi connectivity index (χ1n) is 12.3. The van der Waals surface area contributed by atoms with Crippen molar-refractivity contribution in [1.29, 1.82) is 0 Å². The topological polar surface area (TPSA) is 61.0 Å². The summed E-state index contributed by atoms with van der Waals surface area (Å²) in [4.78, 5) is 15.2. The van der Waals surface area contributed by atoms with Crippen LogP contribution in [0.15, 0.2) is 60.7 Å². The zero-order valence-corrected chi connectivity index (χ0v) is 20.4. The lowest BCUT2D eigenvalue weighted by Gasteiger charge is -2.10. The number of amides is 1. The van der Waals surface area contributed by atoms with Crippen molar-refractivity contribution in [3.05, 3.63) is 94.2 Å². The van der Waals surface area contributed by atoms with E-state index in [1.54, 1.807) is 0 Å². The Hall–Kier alpha value is -3.70. The van der Waals surface area contributed by atoms with Crippen LogP contribution in [0, 0.1) is 0 Å². The highest BCUT2D eigenvalue weighted by Crippen LogP contribution is 2.65. The molecule has 5 nitrogen and oxygen atoms in total. The Morgan fingerprint density at radius 1 is 1.03 bits per heavy atom. The lowest BCUT2D eigenvalue weighted by atomic mass is 9.90. The van der Waals surface area contributed by atoms with Crippen LogP contribution in [0.2, 0.25) is 0 Å². The van der Waals surface area contributed by atoms with Crippen LogP contribution in [0.25, 0.3) is 23.1 Å². The van der Waals surface area contributed by atoms with Gasteiger partial charge in [0.25, 0.3) is 0 Å². The number of fused-ring (bicyclic) bond motifs is 3. The molecule has 4 aromatic rings. The van der Waals surface area contributed by atoms with Crippen LogP contribution in [-0.2, 0) is 23.2 Å². The number of nitrogens with one attached hydrogen (secondary N) is 2. The molecule has 1 aliphatic heterocycles. The molecule has 0 saturated heterocycles. The predicted octanol–water partition coefficient (Wildman–Crippen LogP) is 5.73. The van der Waals surface area contributed by atoms with Crippen LogP contribution in [0.1, 0.15) is 52.8 Å². The second kappa shape index (κ2) is 8.21. The van der Waals surface area contributed by atoms with Gasteiger partial charge in [0.1, 0.15) is 0 Å². The Morgan fingerprint density at radius 2 is 1.83 bits per heavy atom.